The zero-order valence-electron chi connectivity index (χ0n) is 32.8. The summed E-state index contributed by atoms with van der Waals surface area (Å²) in [4.78, 5) is 0. The molecular formula is C43H70O7Si. The molecule has 51 heavy (non-hydrogen) atoms. The Balaban J connectivity index is 1.30. The molecule has 2 heterocycles. The molecule has 2 aliphatic rings. The maximum absolute atomic E-state index is 7.18. The van der Waals surface area contributed by atoms with Gasteiger partial charge in [-0.3, -0.25) is 0 Å². The number of hydrogen-bond donors (Lipinski definition) is 0. The lowest BCUT2D eigenvalue weighted by Crippen LogP contribution is -2.66. The van der Waals surface area contributed by atoms with Gasteiger partial charge in [-0.1, -0.05) is 140 Å². The SMILES string of the molecule is CCCCCCCCCC[C@@H](OCOC)[C@H]1CC[C@@H]([C@H]2CC[C@H]([C@@H](CCCO[Si](c3ccccc3)(c3ccccc3)C(C)(C)C)OCOC)O2)O1. The highest BCUT2D eigenvalue weighted by Gasteiger charge is 2.50. The number of benzene rings is 2. The Morgan fingerprint density at radius 1 is 0.627 bits per heavy atom. The van der Waals surface area contributed by atoms with Gasteiger partial charge >= 0.3 is 0 Å². The second-order valence-corrected chi connectivity index (χ2v) is 20.0. The van der Waals surface area contributed by atoms with Gasteiger partial charge in [-0.05, 0) is 60.4 Å². The third-order valence-electron chi connectivity index (χ3n) is 10.9. The summed E-state index contributed by atoms with van der Waals surface area (Å²) in [7, 11) is 0.798. The number of methoxy groups -OCH3 is 2. The molecule has 7 nitrogen and oxygen atoms in total. The van der Waals surface area contributed by atoms with Crippen molar-refractivity contribution in [3.8, 4) is 0 Å². The largest absolute Gasteiger partial charge is 0.407 e. The maximum Gasteiger partial charge on any atom is 0.261 e. The van der Waals surface area contributed by atoms with E-state index >= 15 is 0 Å². The van der Waals surface area contributed by atoms with E-state index in [1.54, 1.807) is 14.2 Å². The third kappa shape index (κ3) is 12.5. The van der Waals surface area contributed by atoms with E-state index in [1.807, 2.05) is 0 Å². The van der Waals surface area contributed by atoms with Gasteiger partial charge in [-0.25, -0.2) is 0 Å². The lowest BCUT2D eigenvalue weighted by Gasteiger charge is -2.43. The van der Waals surface area contributed by atoms with Crippen LogP contribution in [0.2, 0.25) is 5.04 Å². The molecule has 4 rings (SSSR count). The molecule has 2 fully saturated rings. The molecule has 0 amide bonds. The van der Waals surface area contributed by atoms with Gasteiger partial charge in [0.05, 0.1) is 36.6 Å². The van der Waals surface area contributed by atoms with E-state index in [9.17, 15) is 0 Å². The second-order valence-electron chi connectivity index (χ2n) is 15.7. The van der Waals surface area contributed by atoms with Crippen molar-refractivity contribution in [3.05, 3.63) is 60.7 Å². The van der Waals surface area contributed by atoms with E-state index in [4.69, 9.17) is 32.8 Å². The van der Waals surface area contributed by atoms with E-state index in [2.05, 4.69) is 88.4 Å². The van der Waals surface area contributed by atoms with Crippen LogP contribution in [0.15, 0.2) is 60.7 Å². The summed E-state index contributed by atoms with van der Waals surface area (Å²) in [5, 5.41) is 2.56. The number of hydrogen-bond acceptors (Lipinski definition) is 7. The quantitative estimate of drug-likeness (QED) is 0.0575. The van der Waals surface area contributed by atoms with Crippen molar-refractivity contribution in [1.82, 2.24) is 0 Å². The van der Waals surface area contributed by atoms with Gasteiger partial charge in [0.15, 0.2) is 0 Å². The van der Waals surface area contributed by atoms with Crippen LogP contribution in [0.3, 0.4) is 0 Å². The van der Waals surface area contributed by atoms with Crippen molar-refractivity contribution in [2.75, 3.05) is 34.4 Å². The molecule has 288 valence electrons. The van der Waals surface area contributed by atoms with Gasteiger partial charge in [0.2, 0.25) is 0 Å². The van der Waals surface area contributed by atoms with Gasteiger partial charge < -0.3 is 32.8 Å². The summed E-state index contributed by atoms with van der Waals surface area (Å²) >= 11 is 0. The van der Waals surface area contributed by atoms with E-state index in [1.165, 1.54) is 61.7 Å². The first-order valence-electron chi connectivity index (χ1n) is 20.1. The Hall–Kier alpha value is -1.62. The van der Waals surface area contributed by atoms with E-state index in [-0.39, 0.29) is 48.5 Å². The molecule has 0 saturated carbocycles. The fourth-order valence-electron chi connectivity index (χ4n) is 8.29. The lowest BCUT2D eigenvalue weighted by molar-refractivity contribution is -0.158. The molecule has 0 N–H and O–H groups in total. The Morgan fingerprint density at radius 2 is 1.08 bits per heavy atom. The topological polar surface area (TPSA) is 64.6 Å². The van der Waals surface area contributed by atoms with E-state index < -0.39 is 8.32 Å². The van der Waals surface area contributed by atoms with Crippen LogP contribution in [0.4, 0.5) is 0 Å². The van der Waals surface area contributed by atoms with Crippen LogP contribution in [0.1, 0.15) is 124 Å². The molecule has 0 spiro atoms. The molecule has 0 aromatic heterocycles. The first-order chi connectivity index (χ1) is 24.8. The van der Waals surface area contributed by atoms with Crippen molar-refractivity contribution in [3.63, 3.8) is 0 Å². The van der Waals surface area contributed by atoms with Crippen LogP contribution in [-0.2, 0) is 32.8 Å². The minimum atomic E-state index is -2.58. The van der Waals surface area contributed by atoms with Crippen LogP contribution in [-0.4, -0.2) is 79.4 Å². The molecule has 0 unspecified atom stereocenters. The average molecular weight is 727 g/mol. The molecule has 0 aliphatic carbocycles. The Bertz CT molecular complexity index is 1140. The Labute approximate surface area is 311 Å². The van der Waals surface area contributed by atoms with Crippen molar-refractivity contribution in [1.29, 1.82) is 0 Å². The minimum Gasteiger partial charge on any atom is -0.407 e. The number of rotatable bonds is 25. The summed E-state index contributed by atoms with van der Waals surface area (Å²) < 4.78 is 43.8. The Morgan fingerprint density at radius 3 is 1.53 bits per heavy atom. The number of ether oxygens (including phenoxy) is 6. The zero-order chi connectivity index (χ0) is 36.4. The molecular weight excluding hydrogens is 657 g/mol. The predicted octanol–water partition coefficient (Wildman–Crippen LogP) is 8.95. The highest BCUT2D eigenvalue weighted by Crippen LogP contribution is 2.38. The standard InChI is InChI=1S/C43H70O7Si/c1-7-8-9-10-11-12-13-20-26-37(46-33-44-5)39-28-30-41(49-39)42-31-29-40(50-42)38(47-34-45-6)27-21-32-48-51(43(2,3)4,35-22-16-14-17-23-35)36-24-18-15-19-25-36/h14-19,22-25,37-42H,7-13,20-21,26-34H2,1-6H3/t37-,38-,39-,40-,41+,42-/m1/s1. The Kier molecular flexibility index (Phi) is 18.6. The van der Waals surface area contributed by atoms with E-state index in [0.717, 1.165) is 44.9 Å². The second kappa shape index (κ2) is 22.6. The van der Waals surface area contributed by atoms with Gasteiger partial charge in [-0.2, -0.15) is 0 Å². The predicted molar refractivity (Wildman–Crippen MR) is 209 cm³/mol. The summed E-state index contributed by atoms with van der Waals surface area (Å²) in [5.41, 5.74) is 0. The number of unbranched alkanes of at least 4 members (excludes halogenated alkanes) is 7. The van der Waals surface area contributed by atoms with Crippen molar-refractivity contribution in [2.24, 2.45) is 0 Å². The highest BCUT2D eigenvalue weighted by atomic mass is 28.4. The molecule has 2 aromatic carbocycles. The van der Waals surface area contributed by atoms with Crippen LogP contribution in [0, 0.1) is 0 Å². The smallest absolute Gasteiger partial charge is 0.261 e. The molecule has 2 saturated heterocycles. The summed E-state index contributed by atoms with van der Waals surface area (Å²) in [6.45, 7) is 10.5. The maximum atomic E-state index is 7.18. The lowest BCUT2D eigenvalue weighted by atomic mass is 10.0. The van der Waals surface area contributed by atoms with Crippen molar-refractivity contribution < 1.29 is 32.8 Å². The van der Waals surface area contributed by atoms with Gasteiger partial charge in [0, 0.05) is 20.8 Å². The zero-order valence-corrected chi connectivity index (χ0v) is 33.8. The van der Waals surface area contributed by atoms with Gasteiger partial charge in [-0.15, -0.1) is 0 Å². The van der Waals surface area contributed by atoms with Crippen molar-refractivity contribution >= 4 is 18.7 Å². The molecule has 0 radical (unpaired) electrons. The average Bonchev–Trinajstić information content (AvgIpc) is 3.83. The molecule has 6 atom stereocenters. The third-order valence-corrected chi connectivity index (χ3v) is 16.0. The highest BCUT2D eigenvalue weighted by molar-refractivity contribution is 6.99. The van der Waals surface area contributed by atoms with Crippen LogP contribution in [0.25, 0.3) is 0 Å². The summed E-state index contributed by atoms with van der Waals surface area (Å²) in [6, 6.07) is 21.7. The first-order valence-corrected chi connectivity index (χ1v) is 22.0. The molecule has 8 heteroatoms. The van der Waals surface area contributed by atoms with Crippen molar-refractivity contribution in [2.45, 2.75) is 166 Å². The first kappa shape index (κ1) is 42.1. The fourth-order valence-corrected chi connectivity index (χ4v) is 12.9. The monoisotopic (exact) mass is 726 g/mol. The van der Waals surface area contributed by atoms with E-state index in [0.29, 0.717) is 13.4 Å². The van der Waals surface area contributed by atoms with Crippen LogP contribution >= 0.6 is 0 Å². The fraction of sp³-hybridized carbons (Fsp3) is 0.721. The summed E-state index contributed by atoms with van der Waals surface area (Å²) in [5.74, 6) is 0. The molecule has 2 aliphatic heterocycles. The normalized spacial score (nSPS) is 22.4. The minimum absolute atomic E-state index is 0.0125. The van der Waals surface area contributed by atoms with Crippen LogP contribution < -0.4 is 10.4 Å². The molecule has 0 bridgehead atoms. The van der Waals surface area contributed by atoms with Gasteiger partial charge in [0.25, 0.3) is 8.32 Å². The van der Waals surface area contributed by atoms with Gasteiger partial charge in [0.1, 0.15) is 13.6 Å². The van der Waals surface area contributed by atoms with Crippen LogP contribution in [0.5, 0.6) is 0 Å². The molecule has 2 aromatic rings. The summed E-state index contributed by atoms with van der Waals surface area (Å²) in [6.07, 6.45) is 17.4.